The molecule has 4 heteroatoms. The number of rotatable bonds is 2. The van der Waals surface area contributed by atoms with E-state index in [9.17, 15) is 8.78 Å². The van der Waals surface area contributed by atoms with Crippen molar-refractivity contribution in [1.29, 1.82) is 0 Å². The molecule has 1 aliphatic heterocycles. The molecule has 0 radical (unpaired) electrons. The zero-order valence-corrected chi connectivity index (χ0v) is 6.98. The van der Waals surface area contributed by atoms with Gasteiger partial charge in [0.15, 0.2) is 5.66 Å². The summed E-state index contributed by atoms with van der Waals surface area (Å²) < 4.78 is 25.1. The molecule has 0 fully saturated rings. The monoisotopic (exact) mass is 184 g/mol. The van der Waals surface area contributed by atoms with Crippen molar-refractivity contribution in [3.63, 3.8) is 0 Å². The third-order valence-electron chi connectivity index (χ3n) is 2.13. The molecule has 0 unspecified atom stereocenters. The fraction of sp³-hybridized carbons (Fsp3) is 0.333. The number of fused-ring (bicyclic) bond motifs is 1. The van der Waals surface area contributed by atoms with Crippen LogP contribution < -0.4 is 10.6 Å². The maximum Gasteiger partial charge on any atom is 0.166 e. The van der Waals surface area contributed by atoms with Gasteiger partial charge in [0.2, 0.25) is 0 Å². The van der Waals surface area contributed by atoms with Crippen molar-refractivity contribution in [2.24, 2.45) is 0 Å². The Morgan fingerprint density at radius 3 is 1.85 bits per heavy atom. The fourth-order valence-electron chi connectivity index (χ4n) is 1.42. The number of anilines is 2. The van der Waals surface area contributed by atoms with Crippen LogP contribution in [0.1, 0.15) is 0 Å². The van der Waals surface area contributed by atoms with Crippen molar-refractivity contribution in [2.45, 2.75) is 5.66 Å². The minimum Gasteiger partial charge on any atom is -0.357 e. The molecule has 1 aliphatic rings. The van der Waals surface area contributed by atoms with Crippen LogP contribution in [0.2, 0.25) is 0 Å². The SMILES string of the molecule is FCC1(CF)Nc2ccccc2N1. The molecular formula is C9H10F2N2. The van der Waals surface area contributed by atoms with Crippen molar-refractivity contribution in [1.82, 2.24) is 0 Å². The molecule has 13 heavy (non-hydrogen) atoms. The second kappa shape index (κ2) is 2.87. The van der Waals surface area contributed by atoms with Crippen LogP contribution in [0.25, 0.3) is 0 Å². The van der Waals surface area contributed by atoms with E-state index < -0.39 is 19.0 Å². The lowest BCUT2D eigenvalue weighted by Crippen LogP contribution is -2.46. The van der Waals surface area contributed by atoms with Crippen molar-refractivity contribution in [3.05, 3.63) is 24.3 Å². The lowest BCUT2D eigenvalue weighted by Gasteiger charge is -2.23. The van der Waals surface area contributed by atoms with Gasteiger partial charge < -0.3 is 10.6 Å². The number of hydrogen-bond donors (Lipinski definition) is 2. The van der Waals surface area contributed by atoms with Crippen molar-refractivity contribution in [2.75, 3.05) is 24.0 Å². The maximum atomic E-state index is 12.6. The lowest BCUT2D eigenvalue weighted by atomic mass is 10.2. The predicted octanol–water partition coefficient (Wildman–Crippen LogP) is 2.16. The van der Waals surface area contributed by atoms with Gasteiger partial charge in [0, 0.05) is 0 Å². The highest BCUT2D eigenvalue weighted by Crippen LogP contribution is 2.33. The van der Waals surface area contributed by atoms with E-state index in [1.807, 2.05) is 12.1 Å². The summed E-state index contributed by atoms with van der Waals surface area (Å²) >= 11 is 0. The molecule has 0 aliphatic carbocycles. The van der Waals surface area contributed by atoms with Gasteiger partial charge in [-0.1, -0.05) is 12.1 Å². The first-order valence-electron chi connectivity index (χ1n) is 4.07. The highest BCUT2D eigenvalue weighted by Gasteiger charge is 2.36. The highest BCUT2D eigenvalue weighted by molar-refractivity contribution is 5.76. The summed E-state index contributed by atoms with van der Waals surface area (Å²) in [5.74, 6) is 0. The molecule has 0 amide bonds. The summed E-state index contributed by atoms with van der Waals surface area (Å²) in [6.45, 7) is -1.56. The molecule has 2 rings (SSSR count). The number of benzene rings is 1. The smallest absolute Gasteiger partial charge is 0.166 e. The highest BCUT2D eigenvalue weighted by atomic mass is 19.1. The number of hydrogen-bond acceptors (Lipinski definition) is 2. The van der Waals surface area contributed by atoms with E-state index in [1.165, 1.54) is 0 Å². The van der Waals surface area contributed by atoms with Crippen LogP contribution in [-0.2, 0) is 0 Å². The summed E-state index contributed by atoms with van der Waals surface area (Å²) in [5, 5.41) is 5.57. The second-order valence-electron chi connectivity index (χ2n) is 3.14. The Balaban J connectivity index is 2.30. The van der Waals surface area contributed by atoms with Crippen LogP contribution in [0.15, 0.2) is 24.3 Å². The Bertz CT molecular complexity index is 283. The first kappa shape index (κ1) is 8.29. The van der Waals surface area contributed by atoms with Gasteiger partial charge in [0.1, 0.15) is 13.3 Å². The van der Waals surface area contributed by atoms with Gasteiger partial charge in [-0.05, 0) is 12.1 Å². The van der Waals surface area contributed by atoms with E-state index in [-0.39, 0.29) is 0 Å². The molecule has 0 bridgehead atoms. The first-order valence-corrected chi connectivity index (χ1v) is 4.07. The van der Waals surface area contributed by atoms with E-state index in [0.717, 1.165) is 11.4 Å². The van der Waals surface area contributed by atoms with Gasteiger partial charge in [-0.3, -0.25) is 0 Å². The lowest BCUT2D eigenvalue weighted by molar-refractivity contribution is 0.296. The Morgan fingerprint density at radius 1 is 1.00 bits per heavy atom. The third kappa shape index (κ3) is 1.22. The number of nitrogens with one attached hydrogen (secondary N) is 2. The van der Waals surface area contributed by atoms with E-state index in [4.69, 9.17) is 0 Å². The van der Waals surface area contributed by atoms with Crippen molar-refractivity contribution >= 4 is 11.4 Å². The van der Waals surface area contributed by atoms with E-state index in [0.29, 0.717) is 0 Å². The van der Waals surface area contributed by atoms with Gasteiger partial charge in [0.05, 0.1) is 11.4 Å². The minimum absolute atomic E-state index is 0.748. The standard InChI is InChI=1S/C9H10F2N2/c10-5-9(6-11)12-7-3-1-2-4-8(7)13-9/h1-4,12-13H,5-6H2. The normalized spacial score (nSPS) is 17.4. The third-order valence-corrected chi connectivity index (χ3v) is 2.13. The van der Waals surface area contributed by atoms with Crippen LogP contribution in [0.4, 0.5) is 20.2 Å². The van der Waals surface area contributed by atoms with Crippen LogP contribution in [-0.4, -0.2) is 19.0 Å². The summed E-state index contributed by atoms with van der Waals surface area (Å²) in [5.41, 5.74) is 0.250. The molecule has 1 heterocycles. The molecule has 0 saturated heterocycles. The second-order valence-corrected chi connectivity index (χ2v) is 3.14. The Kier molecular flexibility index (Phi) is 1.83. The minimum atomic E-state index is -1.25. The van der Waals surface area contributed by atoms with Gasteiger partial charge in [-0.2, -0.15) is 0 Å². The van der Waals surface area contributed by atoms with Crippen molar-refractivity contribution < 1.29 is 8.78 Å². The van der Waals surface area contributed by atoms with Gasteiger partial charge in [-0.25, -0.2) is 8.78 Å². The zero-order valence-electron chi connectivity index (χ0n) is 6.98. The number of para-hydroxylation sites is 2. The molecule has 0 spiro atoms. The molecule has 1 aromatic rings. The van der Waals surface area contributed by atoms with E-state index in [1.54, 1.807) is 12.1 Å². The average Bonchev–Trinajstić information content (AvgIpc) is 2.57. The number of alkyl halides is 2. The maximum absolute atomic E-state index is 12.6. The Hall–Kier alpha value is -1.32. The Morgan fingerprint density at radius 2 is 1.46 bits per heavy atom. The molecule has 2 nitrogen and oxygen atoms in total. The predicted molar refractivity (Wildman–Crippen MR) is 48.4 cm³/mol. The van der Waals surface area contributed by atoms with Crippen LogP contribution in [0, 0.1) is 0 Å². The summed E-state index contributed by atoms with van der Waals surface area (Å²) in [6, 6.07) is 7.21. The van der Waals surface area contributed by atoms with Crippen LogP contribution in [0.5, 0.6) is 0 Å². The summed E-state index contributed by atoms with van der Waals surface area (Å²) in [4.78, 5) is 0. The summed E-state index contributed by atoms with van der Waals surface area (Å²) in [6.07, 6.45) is 0. The molecular weight excluding hydrogens is 174 g/mol. The quantitative estimate of drug-likeness (QED) is 0.736. The molecule has 0 aromatic heterocycles. The van der Waals surface area contributed by atoms with Gasteiger partial charge >= 0.3 is 0 Å². The first-order chi connectivity index (χ1) is 6.29. The molecule has 2 N–H and O–H groups in total. The average molecular weight is 184 g/mol. The molecule has 1 aromatic carbocycles. The van der Waals surface area contributed by atoms with E-state index >= 15 is 0 Å². The molecule has 0 atom stereocenters. The number of halogens is 2. The van der Waals surface area contributed by atoms with Crippen LogP contribution in [0.3, 0.4) is 0 Å². The Labute approximate surface area is 75.0 Å². The topological polar surface area (TPSA) is 24.1 Å². The largest absolute Gasteiger partial charge is 0.357 e. The fourth-order valence-corrected chi connectivity index (χ4v) is 1.42. The molecule has 70 valence electrons. The van der Waals surface area contributed by atoms with Crippen LogP contribution >= 0.6 is 0 Å². The molecule has 0 saturated carbocycles. The van der Waals surface area contributed by atoms with E-state index in [2.05, 4.69) is 10.6 Å². The zero-order chi connectivity index (χ0) is 9.31. The van der Waals surface area contributed by atoms with Crippen molar-refractivity contribution in [3.8, 4) is 0 Å². The van der Waals surface area contributed by atoms with Gasteiger partial charge in [0.25, 0.3) is 0 Å². The van der Waals surface area contributed by atoms with Gasteiger partial charge in [-0.15, -0.1) is 0 Å². The summed E-state index contributed by atoms with van der Waals surface area (Å²) in [7, 11) is 0.